The third-order valence-electron chi connectivity index (χ3n) is 3.33. The van der Waals surface area contributed by atoms with Gasteiger partial charge in [0.1, 0.15) is 5.75 Å². The van der Waals surface area contributed by atoms with Gasteiger partial charge in [0.05, 0.1) is 11.5 Å². The summed E-state index contributed by atoms with van der Waals surface area (Å²) in [6.45, 7) is 1.99. The minimum Gasteiger partial charge on any atom is -0.494 e. The number of nitro groups is 1. The summed E-state index contributed by atoms with van der Waals surface area (Å²) in [4.78, 5) is 33.9. The minimum absolute atomic E-state index is 0.0776. The van der Waals surface area contributed by atoms with Gasteiger partial charge in [-0.2, -0.15) is 0 Å². The molecule has 0 fully saturated rings. The van der Waals surface area contributed by atoms with Gasteiger partial charge in [-0.15, -0.1) is 0 Å². The molecule has 0 amide bonds. The fourth-order valence-electron chi connectivity index (χ4n) is 2.08. The number of benzene rings is 2. The molecule has 0 radical (unpaired) electrons. The van der Waals surface area contributed by atoms with Gasteiger partial charge in [-0.25, -0.2) is 4.79 Å². The van der Waals surface area contributed by atoms with Gasteiger partial charge in [-0.05, 0) is 42.8 Å². The third-order valence-corrected chi connectivity index (χ3v) is 3.33. The minimum atomic E-state index is -0.712. The van der Waals surface area contributed by atoms with E-state index in [9.17, 15) is 19.7 Å². The van der Waals surface area contributed by atoms with E-state index in [2.05, 4.69) is 0 Å². The van der Waals surface area contributed by atoms with Crippen molar-refractivity contribution in [3.63, 3.8) is 0 Å². The van der Waals surface area contributed by atoms with E-state index in [-0.39, 0.29) is 11.5 Å². The Balaban J connectivity index is 1.88. The molecule has 7 nitrogen and oxygen atoms in total. The van der Waals surface area contributed by atoms with Crippen LogP contribution in [-0.4, -0.2) is 29.9 Å². The van der Waals surface area contributed by atoms with Crippen LogP contribution >= 0.6 is 0 Å². The van der Waals surface area contributed by atoms with Gasteiger partial charge < -0.3 is 9.47 Å². The summed E-state index contributed by atoms with van der Waals surface area (Å²) in [7, 11) is 0. The molecule has 2 aromatic carbocycles. The van der Waals surface area contributed by atoms with Gasteiger partial charge in [0, 0.05) is 23.8 Å². The average molecular weight is 355 g/mol. The number of Topliss-reactive ketones (excluding diaryl/α,β-unsaturated/α-hetero) is 1. The number of nitro benzene ring substituents is 1. The maximum absolute atomic E-state index is 12.0. The highest BCUT2D eigenvalue weighted by molar-refractivity contribution is 5.99. The van der Waals surface area contributed by atoms with E-state index in [1.807, 2.05) is 6.92 Å². The zero-order valence-electron chi connectivity index (χ0n) is 14.1. The molecule has 26 heavy (non-hydrogen) atoms. The Hall–Kier alpha value is -3.48. The Morgan fingerprint density at radius 1 is 1.15 bits per heavy atom. The van der Waals surface area contributed by atoms with E-state index in [0.29, 0.717) is 23.5 Å². The standard InChI is InChI=1S/C19H17NO6/c1-2-25-17-9-7-15(8-10-17)18(21)13-26-19(22)11-6-14-4-3-5-16(12-14)20(23)24/h3-12H,2,13H2,1H3/b11-6+. The van der Waals surface area contributed by atoms with E-state index in [0.717, 1.165) is 6.08 Å². The average Bonchev–Trinajstić information content (AvgIpc) is 2.65. The van der Waals surface area contributed by atoms with Crippen LogP contribution in [0.1, 0.15) is 22.8 Å². The van der Waals surface area contributed by atoms with Crippen LogP contribution < -0.4 is 4.74 Å². The first-order valence-electron chi connectivity index (χ1n) is 7.85. The maximum Gasteiger partial charge on any atom is 0.331 e. The van der Waals surface area contributed by atoms with Crippen molar-refractivity contribution in [2.45, 2.75) is 6.92 Å². The van der Waals surface area contributed by atoms with Crippen molar-refractivity contribution < 1.29 is 24.0 Å². The molecule has 134 valence electrons. The highest BCUT2D eigenvalue weighted by Crippen LogP contribution is 2.14. The quantitative estimate of drug-likeness (QED) is 0.237. The molecule has 0 N–H and O–H groups in total. The fourth-order valence-corrected chi connectivity index (χ4v) is 2.08. The smallest absolute Gasteiger partial charge is 0.331 e. The summed E-state index contributed by atoms with van der Waals surface area (Å²) in [5.41, 5.74) is 0.809. The maximum atomic E-state index is 12.0. The first-order valence-corrected chi connectivity index (χ1v) is 7.85. The molecule has 0 aromatic heterocycles. The van der Waals surface area contributed by atoms with Crippen molar-refractivity contribution in [2.24, 2.45) is 0 Å². The van der Waals surface area contributed by atoms with Gasteiger partial charge in [0.25, 0.3) is 5.69 Å². The molecule has 0 bridgehead atoms. The van der Waals surface area contributed by atoms with Crippen LogP contribution in [0.15, 0.2) is 54.6 Å². The lowest BCUT2D eigenvalue weighted by molar-refractivity contribution is -0.384. The van der Waals surface area contributed by atoms with Crippen LogP contribution in [0.3, 0.4) is 0 Å². The van der Waals surface area contributed by atoms with Crippen LogP contribution in [0.4, 0.5) is 5.69 Å². The van der Waals surface area contributed by atoms with Crippen molar-refractivity contribution in [3.8, 4) is 5.75 Å². The van der Waals surface area contributed by atoms with Crippen LogP contribution in [0, 0.1) is 10.1 Å². The van der Waals surface area contributed by atoms with Crippen LogP contribution in [-0.2, 0) is 9.53 Å². The van der Waals surface area contributed by atoms with E-state index >= 15 is 0 Å². The molecule has 0 atom stereocenters. The van der Waals surface area contributed by atoms with Gasteiger partial charge in [-0.3, -0.25) is 14.9 Å². The van der Waals surface area contributed by atoms with Gasteiger partial charge in [0.15, 0.2) is 12.4 Å². The van der Waals surface area contributed by atoms with Gasteiger partial charge in [-0.1, -0.05) is 12.1 Å². The first kappa shape index (κ1) is 18.9. The Morgan fingerprint density at radius 2 is 1.88 bits per heavy atom. The molecule has 2 rings (SSSR count). The normalized spacial score (nSPS) is 10.5. The second kappa shape index (κ2) is 9.12. The summed E-state index contributed by atoms with van der Waals surface area (Å²) in [6.07, 6.45) is 2.50. The largest absolute Gasteiger partial charge is 0.494 e. The van der Waals surface area contributed by atoms with Crippen LogP contribution in [0.2, 0.25) is 0 Å². The number of rotatable bonds is 8. The van der Waals surface area contributed by atoms with Crippen molar-refractivity contribution in [3.05, 3.63) is 75.8 Å². The zero-order valence-corrected chi connectivity index (χ0v) is 14.1. The first-order chi connectivity index (χ1) is 12.5. The van der Waals surface area contributed by atoms with E-state index in [1.54, 1.807) is 30.3 Å². The van der Waals surface area contributed by atoms with E-state index in [4.69, 9.17) is 9.47 Å². The number of ether oxygens (including phenoxy) is 2. The van der Waals surface area contributed by atoms with Crippen LogP contribution in [0.25, 0.3) is 6.08 Å². The lowest BCUT2D eigenvalue weighted by atomic mass is 10.1. The molecular formula is C19H17NO6. The molecule has 0 aliphatic rings. The fraction of sp³-hybridized carbons (Fsp3) is 0.158. The molecule has 0 aliphatic carbocycles. The summed E-state index contributed by atoms with van der Waals surface area (Å²) in [6, 6.07) is 12.3. The lowest BCUT2D eigenvalue weighted by Gasteiger charge is -2.05. The molecule has 0 aliphatic heterocycles. The number of nitrogens with zero attached hydrogens (tertiary/aromatic N) is 1. The molecule has 0 spiro atoms. The lowest BCUT2D eigenvalue weighted by Crippen LogP contribution is -2.12. The number of carbonyl (C=O) groups excluding carboxylic acids is 2. The molecule has 7 heteroatoms. The monoisotopic (exact) mass is 355 g/mol. The van der Waals surface area contributed by atoms with Crippen molar-refractivity contribution in [1.82, 2.24) is 0 Å². The highest BCUT2D eigenvalue weighted by atomic mass is 16.6. The summed E-state index contributed by atoms with van der Waals surface area (Å²) in [5, 5.41) is 10.7. The Morgan fingerprint density at radius 3 is 2.54 bits per heavy atom. The van der Waals surface area contributed by atoms with E-state index < -0.39 is 17.5 Å². The van der Waals surface area contributed by atoms with Gasteiger partial charge in [0.2, 0.25) is 0 Å². The Kier molecular flexibility index (Phi) is 6.61. The third kappa shape index (κ3) is 5.55. The highest BCUT2D eigenvalue weighted by Gasteiger charge is 2.09. The number of esters is 1. The topological polar surface area (TPSA) is 95.7 Å². The molecular weight excluding hydrogens is 338 g/mol. The zero-order chi connectivity index (χ0) is 18.9. The number of ketones is 1. The van der Waals surface area contributed by atoms with E-state index in [1.165, 1.54) is 24.3 Å². The van der Waals surface area contributed by atoms with Crippen molar-refractivity contribution in [2.75, 3.05) is 13.2 Å². The van der Waals surface area contributed by atoms with Crippen molar-refractivity contribution in [1.29, 1.82) is 0 Å². The summed E-state index contributed by atoms with van der Waals surface area (Å²) in [5.74, 6) is -0.401. The predicted octanol–water partition coefficient (Wildman–Crippen LogP) is 3.43. The number of non-ortho nitro benzene ring substituents is 1. The van der Waals surface area contributed by atoms with Gasteiger partial charge >= 0.3 is 5.97 Å². The Labute approximate surface area is 150 Å². The summed E-state index contributed by atoms with van der Waals surface area (Å²) >= 11 is 0. The molecule has 0 heterocycles. The molecule has 0 unspecified atom stereocenters. The number of hydrogen-bond acceptors (Lipinski definition) is 6. The van der Waals surface area contributed by atoms with Crippen LogP contribution in [0.5, 0.6) is 5.75 Å². The number of carbonyl (C=O) groups is 2. The molecule has 0 saturated carbocycles. The molecule has 2 aromatic rings. The summed E-state index contributed by atoms with van der Waals surface area (Å²) < 4.78 is 10.2. The second-order valence-electron chi connectivity index (χ2n) is 5.17. The number of hydrogen-bond donors (Lipinski definition) is 0. The molecule has 0 saturated heterocycles. The second-order valence-corrected chi connectivity index (χ2v) is 5.17. The predicted molar refractivity (Wildman–Crippen MR) is 95.0 cm³/mol. The SMILES string of the molecule is CCOc1ccc(C(=O)COC(=O)/C=C/c2cccc([N+](=O)[O-])c2)cc1. The van der Waals surface area contributed by atoms with Crippen molar-refractivity contribution >= 4 is 23.5 Å². The Bertz CT molecular complexity index is 826.